The number of hydrogen-bond donors (Lipinski definition) is 0. The maximum absolute atomic E-state index is 12.7. The highest BCUT2D eigenvalue weighted by Crippen LogP contribution is 2.36. The van der Waals surface area contributed by atoms with Crippen LogP contribution in [0.5, 0.6) is 0 Å². The van der Waals surface area contributed by atoms with Gasteiger partial charge in [0.15, 0.2) is 0 Å². The van der Waals surface area contributed by atoms with E-state index in [9.17, 15) is 14.4 Å². The molecule has 0 aliphatic carbocycles. The van der Waals surface area contributed by atoms with Gasteiger partial charge in [-0.05, 0) is 42.1 Å². The molecule has 0 radical (unpaired) electrons. The molecule has 5 nitrogen and oxygen atoms in total. The molecule has 1 aromatic heterocycles. The third-order valence-corrected chi connectivity index (χ3v) is 4.83. The van der Waals surface area contributed by atoms with Gasteiger partial charge in [0.05, 0.1) is 23.4 Å². The summed E-state index contributed by atoms with van der Waals surface area (Å²) in [4.78, 5) is 38.6. The summed E-state index contributed by atoms with van der Waals surface area (Å²) in [5.41, 5.74) is 0.911. The van der Waals surface area contributed by atoms with E-state index in [1.807, 2.05) is 12.3 Å². The maximum atomic E-state index is 12.7. The van der Waals surface area contributed by atoms with Gasteiger partial charge >= 0.3 is 5.97 Å². The van der Waals surface area contributed by atoms with Crippen LogP contribution in [0.3, 0.4) is 0 Å². The predicted octanol–water partition coefficient (Wildman–Crippen LogP) is 3.84. The first-order valence-corrected chi connectivity index (χ1v) is 8.90. The van der Waals surface area contributed by atoms with Gasteiger partial charge in [-0.2, -0.15) is 0 Å². The quantitative estimate of drug-likeness (QED) is 0.588. The summed E-state index contributed by atoms with van der Waals surface area (Å²) in [5, 5.41) is 1.71. The minimum atomic E-state index is -0.573. The van der Waals surface area contributed by atoms with Crippen LogP contribution in [0.4, 0.5) is 5.69 Å². The van der Waals surface area contributed by atoms with E-state index >= 15 is 0 Å². The normalized spacial score (nSPS) is 14.4. The van der Waals surface area contributed by atoms with Crippen LogP contribution in [0.25, 0.3) is 5.57 Å². The van der Waals surface area contributed by atoms with Crippen molar-refractivity contribution in [2.24, 2.45) is 0 Å². The Morgan fingerprint density at radius 2 is 1.88 bits per heavy atom. The van der Waals surface area contributed by atoms with Crippen LogP contribution in [-0.2, 0) is 14.3 Å². The van der Waals surface area contributed by atoms with Crippen LogP contribution < -0.4 is 4.90 Å². The van der Waals surface area contributed by atoms with Gasteiger partial charge < -0.3 is 4.74 Å². The minimum absolute atomic E-state index is 0.0983. The molecule has 1 aliphatic rings. The van der Waals surface area contributed by atoms with Crippen LogP contribution in [0.1, 0.15) is 28.6 Å². The second kappa shape index (κ2) is 7.21. The summed E-state index contributed by atoms with van der Waals surface area (Å²) in [6.45, 7) is 2.25. The van der Waals surface area contributed by atoms with E-state index in [1.54, 1.807) is 12.1 Å². The summed E-state index contributed by atoms with van der Waals surface area (Å²) >= 11 is 7.44. The van der Waals surface area contributed by atoms with Crippen LogP contribution in [0, 0.1) is 0 Å². The molecule has 0 saturated carbocycles. The number of ether oxygens (including phenoxy) is 1. The Morgan fingerprint density at radius 1 is 1.16 bits per heavy atom. The number of carbonyl (C=O) groups is 3. The second-order valence-electron chi connectivity index (χ2n) is 5.29. The molecule has 2 amide bonds. The summed E-state index contributed by atoms with van der Waals surface area (Å²) in [7, 11) is 0. The smallest absolute Gasteiger partial charge is 0.338 e. The SMILES string of the molecule is CCCOC(=O)c1ccc(N2C(=O)C(Cl)=C(c3cccs3)C2=O)cc1. The summed E-state index contributed by atoms with van der Waals surface area (Å²) in [5.74, 6) is -1.49. The van der Waals surface area contributed by atoms with Crippen LogP contribution in [0.15, 0.2) is 46.8 Å². The van der Waals surface area contributed by atoms with Crippen molar-refractivity contribution in [3.63, 3.8) is 0 Å². The largest absolute Gasteiger partial charge is 0.462 e. The van der Waals surface area contributed by atoms with Crippen molar-refractivity contribution in [3.05, 3.63) is 57.3 Å². The first kappa shape index (κ1) is 17.4. The predicted molar refractivity (Wildman–Crippen MR) is 96.6 cm³/mol. The van der Waals surface area contributed by atoms with Crippen molar-refractivity contribution < 1.29 is 19.1 Å². The zero-order valence-corrected chi connectivity index (χ0v) is 14.9. The number of rotatable bonds is 5. The van der Waals surface area contributed by atoms with Crippen molar-refractivity contribution in [3.8, 4) is 0 Å². The highest BCUT2D eigenvalue weighted by molar-refractivity contribution is 7.11. The Balaban J connectivity index is 1.85. The number of nitrogens with zero attached hydrogens (tertiary/aromatic N) is 1. The number of hydrogen-bond acceptors (Lipinski definition) is 5. The molecular formula is C18H14ClNO4S. The first-order valence-electron chi connectivity index (χ1n) is 7.64. The minimum Gasteiger partial charge on any atom is -0.462 e. The number of imide groups is 1. The lowest BCUT2D eigenvalue weighted by atomic mass is 10.2. The van der Waals surface area contributed by atoms with E-state index in [2.05, 4.69) is 0 Å². The fraction of sp³-hybridized carbons (Fsp3) is 0.167. The van der Waals surface area contributed by atoms with Gasteiger partial charge in [0.25, 0.3) is 11.8 Å². The standard InChI is InChI=1S/C18H14ClNO4S/c1-2-9-24-18(23)11-5-7-12(8-6-11)20-16(21)14(15(19)17(20)22)13-4-3-10-25-13/h3-8,10H,2,9H2,1H3. The fourth-order valence-corrected chi connectivity index (χ4v) is 3.49. The molecule has 25 heavy (non-hydrogen) atoms. The number of amides is 2. The molecule has 0 unspecified atom stereocenters. The molecule has 2 heterocycles. The Hall–Kier alpha value is -2.44. The van der Waals surface area contributed by atoms with E-state index < -0.39 is 17.8 Å². The summed E-state index contributed by atoms with van der Waals surface area (Å²) in [6, 6.07) is 9.62. The number of halogens is 1. The zero-order chi connectivity index (χ0) is 18.0. The Kier molecular flexibility index (Phi) is 5.01. The molecule has 7 heteroatoms. The zero-order valence-electron chi connectivity index (χ0n) is 13.3. The van der Waals surface area contributed by atoms with Gasteiger partial charge in [-0.15, -0.1) is 11.3 Å². The number of thiophene rings is 1. The number of anilines is 1. The molecule has 0 bridgehead atoms. The Labute approximate surface area is 153 Å². The molecule has 1 aromatic carbocycles. The molecule has 3 rings (SSSR count). The Morgan fingerprint density at radius 3 is 2.48 bits per heavy atom. The van der Waals surface area contributed by atoms with E-state index in [0.717, 1.165) is 11.3 Å². The van der Waals surface area contributed by atoms with Gasteiger partial charge in [-0.3, -0.25) is 9.59 Å². The highest BCUT2D eigenvalue weighted by atomic mass is 35.5. The van der Waals surface area contributed by atoms with Gasteiger partial charge in [0.1, 0.15) is 5.03 Å². The lowest BCUT2D eigenvalue weighted by Gasteiger charge is -2.15. The van der Waals surface area contributed by atoms with E-state index in [-0.39, 0.29) is 10.6 Å². The topological polar surface area (TPSA) is 63.7 Å². The molecule has 0 spiro atoms. The summed E-state index contributed by atoms with van der Waals surface area (Å²) < 4.78 is 5.05. The third kappa shape index (κ3) is 3.23. The Bertz CT molecular complexity index is 856. The average Bonchev–Trinajstić information content (AvgIpc) is 3.21. The van der Waals surface area contributed by atoms with Gasteiger partial charge in [-0.25, -0.2) is 9.69 Å². The second-order valence-corrected chi connectivity index (χ2v) is 6.62. The van der Waals surface area contributed by atoms with Crippen molar-refractivity contribution >= 4 is 52.0 Å². The van der Waals surface area contributed by atoms with Gasteiger partial charge in [-0.1, -0.05) is 24.6 Å². The first-order chi connectivity index (χ1) is 12.0. The molecule has 1 aliphatic heterocycles. The van der Waals surface area contributed by atoms with Crippen LogP contribution in [0.2, 0.25) is 0 Å². The fourth-order valence-electron chi connectivity index (χ4n) is 2.40. The lowest BCUT2D eigenvalue weighted by Crippen LogP contribution is -2.31. The van der Waals surface area contributed by atoms with E-state index in [4.69, 9.17) is 16.3 Å². The van der Waals surface area contributed by atoms with Crippen molar-refractivity contribution in [2.45, 2.75) is 13.3 Å². The van der Waals surface area contributed by atoms with Crippen molar-refractivity contribution in [1.29, 1.82) is 0 Å². The molecule has 0 fully saturated rings. The molecule has 128 valence electrons. The third-order valence-electron chi connectivity index (χ3n) is 3.59. The molecule has 0 saturated heterocycles. The summed E-state index contributed by atoms with van der Waals surface area (Å²) in [6.07, 6.45) is 0.732. The number of carbonyl (C=O) groups excluding carboxylic acids is 3. The van der Waals surface area contributed by atoms with E-state index in [0.29, 0.717) is 22.7 Å². The monoisotopic (exact) mass is 375 g/mol. The number of esters is 1. The molecular weight excluding hydrogens is 362 g/mol. The average molecular weight is 376 g/mol. The highest BCUT2D eigenvalue weighted by Gasteiger charge is 2.39. The molecule has 0 atom stereocenters. The van der Waals surface area contributed by atoms with E-state index in [1.165, 1.54) is 35.6 Å². The van der Waals surface area contributed by atoms with Crippen LogP contribution in [-0.4, -0.2) is 24.4 Å². The van der Waals surface area contributed by atoms with Crippen molar-refractivity contribution in [1.82, 2.24) is 0 Å². The van der Waals surface area contributed by atoms with Gasteiger partial charge in [0, 0.05) is 4.88 Å². The van der Waals surface area contributed by atoms with Crippen molar-refractivity contribution in [2.75, 3.05) is 11.5 Å². The molecule has 2 aromatic rings. The lowest BCUT2D eigenvalue weighted by molar-refractivity contribution is -0.119. The number of benzene rings is 1. The molecule has 0 N–H and O–H groups in total. The maximum Gasteiger partial charge on any atom is 0.338 e. The van der Waals surface area contributed by atoms with Gasteiger partial charge in [0.2, 0.25) is 0 Å². The van der Waals surface area contributed by atoms with Crippen LogP contribution >= 0.6 is 22.9 Å².